The van der Waals surface area contributed by atoms with Gasteiger partial charge in [0.25, 0.3) is 11.5 Å². The summed E-state index contributed by atoms with van der Waals surface area (Å²) in [6, 6.07) is 3.36. The van der Waals surface area contributed by atoms with Crippen molar-refractivity contribution >= 4 is 16.7 Å². The van der Waals surface area contributed by atoms with Crippen LogP contribution in [0, 0.1) is 5.92 Å². The van der Waals surface area contributed by atoms with Gasteiger partial charge >= 0.3 is 0 Å². The Labute approximate surface area is 172 Å². The molecular formula is C22H33N3O4. The van der Waals surface area contributed by atoms with Gasteiger partial charge in [0.05, 0.1) is 25.2 Å². The molecule has 0 unspecified atom stereocenters. The molecule has 1 heterocycles. The molecule has 7 heteroatoms. The van der Waals surface area contributed by atoms with Gasteiger partial charge in [0.2, 0.25) is 0 Å². The third-order valence-electron chi connectivity index (χ3n) is 5.00. The smallest absolute Gasteiger partial charge is 0.258 e. The summed E-state index contributed by atoms with van der Waals surface area (Å²) < 4.78 is 12.3. The van der Waals surface area contributed by atoms with Crippen LogP contribution in [-0.2, 0) is 6.54 Å². The van der Waals surface area contributed by atoms with Crippen LogP contribution >= 0.6 is 0 Å². The highest BCUT2D eigenvalue weighted by Crippen LogP contribution is 2.32. The highest BCUT2D eigenvalue weighted by Gasteiger charge is 2.18. The van der Waals surface area contributed by atoms with Crippen molar-refractivity contribution in [3.8, 4) is 11.5 Å². The van der Waals surface area contributed by atoms with Crippen molar-refractivity contribution in [2.75, 3.05) is 40.4 Å². The first-order valence-electron chi connectivity index (χ1n) is 10.2. The van der Waals surface area contributed by atoms with E-state index in [1.807, 2.05) is 13.8 Å². The largest absolute Gasteiger partial charge is 0.493 e. The van der Waals surface area contributed by atoms with Crippen molar-refractivity contribution < 1.29 is 14.3 Å². The number of methoxy groups -OCH3 is 2. The molecule has 2 rings (SSSR count). The summed E-state index contributed by atoms with van der Waals surface area (Å²) >= 11 is 0. The van der Waals surface area contributed by atoms with Gasteiger partial charge in [-0.1, -0.05) is 27.7 Å². The van der Waals surface area contributed by atoms with E-state index in [2.05, 4.69) is 24.1 Å². The van der Waals surface area contributed by atoms with Crippen molar-refractivity contribution in [3.63, 3.8) is 0 Å². The van der Waals surface area contributed by atoms with Crippen LogP contribution in [0.25, 0.3) is 10.8 Å². The summed E-state index contributed by atoms with van der Waals surface area (Å²) in [7, 11) is 3.06. The summed E-state index contributed by atoms with van der Waals surface area (Å²) in [5.41, 5.74) is 0.315. The number of nitrogens with zero attached hydrogens (tertiary/aromatic N) is 2. The number of likely N-dealkylation sites (N-methyl/N-ethyl adjacent to an activating group) is 1. The zero-order valence-corrected chi connectivity index (χ0v) is 18.4. The number of hydrogen-bond donors (Lipinski definition) is 1. The van der Waals surface area contributed by atoms with Gasteiger partial charge in [0.15, 0.2) is 11.5 Å². The fourth-order valence-corrected chi connectivity index (χ4v) is 3.39. The van der Waals surface area contributed by atoms with Crippen LogP contribution in [0.5, 0.6) is 11.5 Å². The molecule has 1 N–H and O–H groups in total. The van der Waals surface area contributed by atoms with E-state index in [1.165, 1.54) is 14.2 Å². The number of carbonyl (C=O) groups is 1. The average molecular weight is 404 g/mol. The van der Waals surface area contributed by atoms with E-state index in [-0.39, 0.29) is 17.4 Å². The highest BCUT2D eigenvalue weighted by molar-refractivity contribution is 6.07. The molecule has 0 radical (unpaired) electrons. The standard InChI is InChI=1S/C22H33N3O4/c1-7-24(8-2)10-9-23-21(26)18-14-25(13-15(3)4)22(27)17-12-20(29-6)19(28-5)11-16(17)18/h11-12,14-15H,7-10,13H2,1-6H3,(H,23,26). The summed E-state index contributed by atoms with van der Waals surface area (Å²) in [5.74, 6) is 1.02. The topological polar surface area (TPSA) is 72.8 Å². The monoisotopic (exact) mass is 403 g/mol. The van der Waals surface area contributed by atoms with E-state index in [9.17, 15) is 9.59 Å². The average Bonchev–Trinajstić information content (AvgIpc) is 2.71. The maximum Gasteiger partial charge on any atom is 0.258 e. The Morgan fingerprint density at radius 3 is 2.21 bits per heavy atom. The van der Waals surface area contributed by atoms with Crippen LogP contribution in [0.3, 0.4) is 0 Å². The lowest BCUT2D eigenvalue weighted by molar-refractivity contribution is 0.0949. The Morgan fingerprint density at radius 2 is 1.69 bits per heavy atom. The highest BCUT2D eigenvalue weighted by atomic mass is 16.5. The second-order valence-corrected chi connectivity index (χ2v) is 7.43. The van der Waals surface area contributed by atoms with E-state index in [4.69, 9.17) is 9.47 Å². The number of nitrogens with one attached hydrogen (secondary N) is 1. The first-order chi connectivity index (χ1) is 13.9. The lowest BCUT2D eigenvalue weighted by atomic mass is 10.0. The maximum atomic E-state index is 13.0. The number of aromatic nitrogens is 1. The molecule has 0 aliphatic heterocycles. The van der Waals surface area contributed by atoms with Crippen LogP contribution < -0.4 is 20.3 Å². The molecule has 7 nitrogen and oxygen atoms in total. The Kier molecular flexibility index (Phi) is 8.08. The fraction of sp³-hybridized carbons (Fsp3) is 0.545. The zero-order valence-electron chi connectivity index (χ0n) is 18.4. The molecule has 1 aromatic heterocycles. The minimum Gasteiger partial charge on any atom is -0.493 e. The van der Waals surface area contributed by atoms with Crippen molar-refractivity contribution in [3.05, 3.63) is 34.2 Å². The summed E-state index contributed by atoms with van der Waals surface area (Å²) in [6.45, 7) is 12.0. The number of hydrogen-bond acceptors (Lipinski definition) is 5. The molecule has 2 aromatic rings. The minimum absolute atomic E-state index is 0.144. The molecule has 0 saturated heterocycles. The molecule has 1 amide bonds. The third-order valence-corrected chi connectivity index (χ3v) is 5.00. The van der Waals surface area contributed by atoms with Crippen molar-refractivity contribution in [1.82, 2.24) is 14.8 Å². The van der Waals surface area contributed by atoms with Crippen LogP contribution in [0.4, 0.5) is 0 Å². The van der Waals surface area contributed by atoms with Crippen molar-refractivity contribution in [2.45, 2.75) is 34.2 Å². The van der Waals surface area contributed by atoms with Gasteiger partial charge in [0, 0.05) is 31.2 Å². The van der Waals surface area contributed by atoms with E-state index in [0.717, 1.165) is 19.6 Å². The molecule has 160 valence electrons. The molecule has 1 aromatic carbocycles. The van der Waals surface area contributed by atoms with Gasteiger partial charge in [-0.2, -0.15) is 0 Å². The van der Waals surface area contributed by atoms with Crippen LogP contribution in [0.15, 0.2) is 23.1 Å². The van der Waals surface area contributed by atoms with Crippen LogP contribution in [0.1, 0.15) is 38.1 Å². The molecule has 29 heavy (non-hydrogen) atoms. The molecule has 0 fully saturated rings. The maximum absolute atomic E-state index is 13.0. The predicted molar refractivity (Wildman–Crippen MR) is 116 cm³/mol. The Morgan fingerprint density at radius 1 is 1.10 bits per heavy atom. The number of fused-ring (bicyclic) bond motifs is 1. The number of amides is 1. The van der Waals surface area contributed by atoms with E-state index >= 15 is 0 Å². The SMILES string of the molecule is CCN(CC)CCNC(=O)c1cn(CC(C)C)c(=O)c2cc(OC)c(OC)cc12. The van der Waals surface area contributed by atoms with Crippen LogP contribution in [0.2, 0.25) is 0 Å². The normalized spacial score (nSPS) is 11.3. The number of pyridine rings is 1. The summed E-state index contributed by atoms with van der Waals surface area (Å²) in [4.78, 5) is 28.3. The fourth-order valence-electron chi connectivity index (χ4n) is 3.39. The Hall–Kier alpha value is -2.54. The molecule has 0 bridgehead atoms. The van der Waals surface area contributed by atoms with Crippen molar-refractivity contribution in [1.29, 1.82) is 0 Å². The Balaban J connectivity index is 2.51. The van der Waals surface area contributed by atoms with Gasteiger partial charge in [0.1, 0.15) is 0 Å². The zero-order chi connectivity index (χ0) is 21.6. The van der Waals surface area contributed by atoms with Gasteiger partial charge in [-0.05, 0) is 31.1 Å². The third kappa shape index (κ3) is 5.29. The van der Waals surface area contributed by atoms with Gasteiger partial charge < -0.3 is 24.3 Å². The quantitative estimate of drug-likeness (QED) is 0.660. The Bertz CT molecular complexity index is 901. The molecule has 0 aliphatic carbocycles. The van der Waals surface area contributed by atoms with Gasteiger partial charge in [-0.15, -0.1) is 0 Å². The first-order valence-corrected chi connectivity index (χ1v) is 10.2. The van der Waals surface area contributed by atoms with Crippen molar-refractivity contribution in [2.24, 2.45) is 5.92 Å². The lowest BCUT2D eigenvalue weighted by Gasteiger charge is -2.19. The van der Waals surface area contributed by atoms with Gasteiger partial charge in [-0.25, -0.2) is 0 Å². The number of benzene rings is 1. The molecule has 0 saturated carbocycles. The number of rotatable bonds is 10. The first kappa shape index (κ1) is 22.7. The van der Waals surface area contributed by atoms with E-state index < -0.39 is 0 Å². The molecule has 0 aliphatic rings. The van der Waals surface area contributed by atoms with E-state index in [0.29, 0.717) is 40.9 Å². The molecule has 0 spiro atoms. The second-order valence-electron chi connectivity index (χ2n) is 7.43. The van der Waals surface area contributed by atoms with Crippen LogP contribution in [-0.4, -0.2) is 55.8 Å². The molecule has 0 atom stereocenters. The lowest BCUT2D eigenvalue weighted by Crippen LogP contribution is -2.35. The summed E-state index contributed by atoms with van der Waals surface area (Å²) in [5, 5.41) is 4.00. The second kappa shape index (κ2) is 10.3. The summed E-state index contributed by atoms with van der Waals surface area (Å²) in [6.07, 6.45) is 1.66. The predicted octanol–water partition coefficient (Wildman–Crippen LogP) is 2.75. The number of ether oxygens (including phenoxy) is 2. The number of carbonyl (C=O) groups excluding carboxylic acids is 1. The van der Waals surface area contributed by atoms with E-state index in [1.54, 1.807) is 22.9 Å². The minimum atomic E-state index is -0.202. The molecular weight excluding hydrogens is 370 g/mol. The van der Waals surface area contributed by atoms with Gasteiger partial charge in [-0.3, -0.25) is 9.59 Å².